The molecule has 0 saturated carbocycles. The lowest BCUT2D eigenvalue weighted by molar-refractivity contribution is 0.0390. The quantitative estimate of drug-likeness (QED) is 0.936. The lowest BCUT2D eigenvalue weighted by Crippen LogP contribution is -2.34. The topological polar surface area (TPSA) is 59.0 Å². The van der Waals surface area contributed by atoms with Crippen molar-refractivity contribution in [1.29, 1.82) is 0 Å². The second-order valence-corrected chi connectivity index (χ2v) is 5.80. The first-order chi connectivity index (χ1) is 10.2. The van der Waals surface area contributed by atoms with E-state index in [0.717, 1.165) is 55.6 Å². The average Bonchev–Trinajstić information content (AvgIpc) is 3.01. The van der Waals surface area contributed by atoms with Gasteiger partial charge in [-0.3, -0.25) is 14.7 Å². The predicted molar refractivity (Wildman–Crippen MR) is 80.2 cm³/mol. The number of ether oxygens (including phenoxy) is 1. The molecule has 0 unspecified atom stereocenters. The molecule has 1 aliphatic rings. The van der Waals surface area contributed by atoms with E-state index in [1.165, 1.54) is 0 Å². The molecule has 6 nitrogen and oxygen atoms in total. The van der Waals surface area contributed by atoms with Crippen LogP contribution < -0.4 is 0 Å². The van der Waals surface area contributed by atoms with Gasteiger partial charge >= 0.3 is 0 Å². The zero-order valence-corrected chi connectivity index (χ0v) is 12.9. The van der Waals surface area contributed by atoms with Crippen molar-refractivity contribution < 1.29 is 4.74 Å². The minimum atomic E-state index is 0.145. The van der Waals surface area contributed by atoms with E-state index >= 15 is 0 Å². The molecule has 3 heterocycles. The van der Waals surface area contributed by atoms with Crippen LogP contribution >= 0.6 is 11.6 Å². The first kappa shape index (κ1) is 14.6. The van der Waals surface area contributed by atoms with Crippen molar-refractivity contribution >= 4 is 11.6 Å². The Balaban J connectivity index is 1.63. The summed E-state index contributed by atoms with van der Waals surface area (Å²) >= 11 is 6.25. The molecule has 1 N–H and O–H groups in total. The number of aromatic amines is 1. The fourth-order valence-electron chi connectivity index (χ4n) is 2.62. The molecule has 7 heteroatoms. The lowest BCUT2D eigenvalue weighted by Gasteiger charge is -2.23. The fourth-order valence-corrected chi connectivity index (χ4v) is 2.77. The average molecular weight is 310 g/mol. The summed E-state index contributed by atoms with van der Waals surface area (Å²) in [5.41, 5.74) is 1.83. The van der Waals surface area contributed by atoms with Crippen LogP contribution in [-0.2, 0) is 17.8 Å². The number of H-pyrrole nitrogens is 1. The molecule has 114 valence electrons. The summed E-state index contributed by atoms with van der Waals surface area (Å²) < 4.78 is 7.83. The van der Waals surface area contributed by atoms with Crippen molar-refractivity contribution in [2.75, 3.05) is 19.7 Å². The summed E-state index contributed by atoms with van der Waals surface area (Å²) in [6.45, 7) is 6.11. The maximum atomic E-state index is 6.25. The van der Waals surface area contributed by atoms with Gasteiger partial charge in [-0.05, 0) is 19.4 Å². The van der Waals surface area contributed by atoms with Crippen molar-refractivity contribution in [3.63, 3.8) is 0 Å². The van der Waals surface area contributed by atoms with Crippen molar-refractivity contribution in [1.82, 2.24) is 24.9 Å². The number of aryl methyl sites for hydroxylation is 1. The highest BCUT2D eigenvalue weighted by atomic mass is 35.5. The summed E-state index contributed by atoms with van der Waals surface area (Å²) in [6.07, 6.45) is 4.93. The van der Waals surface area contributed by atoms with E-state index < -0.39 is 0 Å². The molecule has 1 atom stereocenters. The van der Waals surface area contributed by atoms with Gasteiger partial charge in [0.15, 0.2) is 0 Å². The van der Waals surface area contributed by atoms with Crippen LogP contribution in [-0.4, -0.2) is 50.7 Å². The van der Waals surface area contributed by atoms with E-state index in [9.17, 15) is 0 Å². The SMILES string of the molecule is Cc1[nH]nc(CN2CCCO[C@@H](Cn3cccn3)C2)c1Cl. The van der Waals surface area contributed by atoms with Gasteiger partial charge in [0.25, 0.3) is 0 Å². The van der Waals surface area contributed by atoms with E-state index in [0.29, 0.717) is 0 Å². The Morgan fingerprint density at radius 3 is 3.14 bits per heavy atom. The van der Waals surface area contributed by atoms with Gasteiger partial charge in [0, 0.05) is 38.6 Å². The van der Waals surface area contributed by atoms with Crippen molar-refractivity contribution in [3.05, 3.63) is 34.9 Å². The highest BCUT2D eigenvalue weighted by Gasteiger charge is 2.21. The molecule has 2 aromatic heterocycles. The lowest BCUT2D eigenvalue weighted by atomic mass is 10.3. The molecule has 2 aromatic rings. The van der Waals surface area contributed by atoms with Crippen molar-refractivity contribution in [2.24, 2.45) is 0 Å². The van der Waals surface area contributed by atoms with Gasteiger partial charge < -0.3 is 4.74 Å². The van der Waals surface area contributed by atoms with E-state index in [-0.39, 0.29) is 6.10 Å². The van der Waals surface area contributed by atoms with E-state index in [1.54, 1.807) is 6.20 Å². The van der Waals surface area contributed by atoms with Gasteiger partial charge in [0.05, 0.1) is 29.1 Å². The number of hydrogen-bond acceptors (Lipinski definition) is 4. The van der Waals surface area contributed by atoms with Crippen LogP contribution in [0, 0.1) is 6.92 Å². The van der Waals surface area contributed by atoms with Gasteiger partial charge in [-0.15, -0.1) is 0 Å². The summed E-state index contributed by atoms with van der Waals surface area (Å²) in [5, 5.41) is 12.2. The standard InChI is InChI=1S/C14H20ClN5O/c1-11-14(15)13(18-17-11)10-19-5-3-7-21-12(8-19)9-20-6-2-4-16-20/h2,4,6,12H,3,5,7-10H2,1H3,(H,17,18)/t12-/m1/s1. The van der Waals surface area contributed by atoms with Crippen LogP contribution in [0.25, 0.3) is 0 Å². The molecular weight excluding hydrogens is 290 g/mol. The molecule has 3 rings (SSSR count). The largest absolute Gasteiger partial charge is 0.375 e. The third-order valence-corrected chi connectivity index (χ3v) is 4.20. The van der Waals surface area contributed by atoms with Crippen molar-refractivity contribution in [3.8, 4) is 0 Å². The number of nitrogens with zero attached hydrogens (tertiary/aromatic N) is 4. The third kappa shape index (κ3) is 3.64. The van der Waals surface area contributed by atoms with Crippen LogP contribution in [0.4, 0.5) is 0 Å². The van der Waals surface area contributed by atoms with Crippen LogP contribution in [0.15, 0.2) is 18.5 Å². The Bertz CT molecular complexity index is 568. The normalized spacial score (nSPS) is 20.6. The molecular formula is C14H20ClN5O. The van der Waals surface area contributed by atoms with Gasteiger partial charge in [-0.25, -0.2) is 0 Å². The van der Waals surface area contributed by atoms with Crippen LogP contribution in [0.5, 0.6) is 0 Å². The van der Waals surface area contributed by atoms with Gasteiger partial charge in [-0.1, -0.05) is 11.6 Å². The van der Waals surface area contributed by atoms with Crippen LogP contribution in [0.2, 0.25) is 5.02 Å². The van der Waals surface area contributed by atoms with E-state index in [1.807, 2.05) is 23.9 Å². The minimum absolute atomic E-state index is 0.145. The zero-order valence-electron chi connectivity index (χ0n) is 12.1. The Morgan fingerprint density at radius 2 is 2.43 bits per heavy atom. The monoisotopic (exact) mass is 309 g/mol. The highest BCUT2D eigenvalue weighted by Crippen LogP contribution is 2.20. The summed E-state index contributed by atoms with van der Waals surface area (Å²) in [7, 11) is 0. The second kappa shape index (κ2) is 6.60. The van der Waals surface area contributed by atoms with Gasteiger partial charge in [-0.2, -0.15) is 10.2 Å². The summed E-state index contributed by atoms with van der Waals surface area (Å²) in [5.74, 6) is 0. The Hall–Kier alpha value is -1.37. The Kier molecular flexibility index (Phi) is 4.57. The number of hydrogen-bond donors (Lipinski definition) is 1. The number of halogens is 1. The molecule has 0 spiro atoms. The second-order valence-electron chi connectivity index (χ2n) is 5.42. The number of rotatable bonds is 4. The van der Waals surface area contributed by atoms with Gasteiger partial charge in [0.1, 0.15) is 0 Å². The number of nitrogens with one attached hydrogen (secondary N) is 1. The predicted octanol–water partition coefficient (Wildman–Crippen LogP) is 1.86. The summed E-state index contributed by atoms with van der Waals surface area (Å²) in [6, 6.07) is 1.93. The fraction of sp³-hybridized carbons (Fsp3) is 0.571. The third-order valence-electron chi connectivity index (χ3n) is 3.70. The molecule has 1 fully saturated rings. The Morgan fingerprint density at radius 1 is 1.52 bits per heavy atom. The summed E-state index contributed by atoms with van der Waals surface area (Å²) in [4.78, 5) is 2.35. The maximum Gasteiger partial charge on any atom is 0.0951 e. The van der Waals surface area contributed by atoms with Crippen molar-refractivity contribution in [2.45, 2.75) is 32.5 Å². The molecule has 0 radical (unpaired) electrons. The first-order valence-electron chi connectivity index (χ1n) is 7.23. The van der Waals surface area contributed by atoms with Crippen LogP contribution in [0.3, 0.4) is 0 Å². The molecule has 0 aromatic carbocycles. The molecule has 21 heavy (non-hydrogen) atoms. The first-order valence-corrected chi connectivity index (χ1v) is 7.61. The smallest absolute Gasteiger partial charge is 0.0951 e. The highest BCUT2D eigenvalue weighted by molar-refractivity contribution is 6.31. The molecule has 0 aliphatic carbocycles. The minimum Gasteiger partial charge on any atom is -0.375 e. The van der Waals surface area contributed by atoms with Crippen LogP contribution in [0.1, 0.15) is 17.8 Å². The van der Waals surface area contributed by atoms with E-state index in [2.05, 4.69) is 20.2 Å². The molecule has 0 amide bonds. The van der Waals surface area contributed by atoms with Gasteiger partial charge in [0.2, 0.25) is 0 Å². The molecule has 1 saturated heterocycles. The Labute approximate surface area is 129 Å². The molecule has 0 bridgehead atoms. The number of aromatic nitrogens is 4. The zero-order chi connectivity index (χ0) is 14.7. The molecule has 1 aliphatic heterocycles. The maximum absolute atomic E-state index is 6.25. The van der Waals surface area contributed by atoms with E-state index in [4.69, 9.17) is 16.3 Å².